The van der Waals surface area contributed by atoms with E-state index >= 15 is 0 Å². The SMILES string of the molecule is CCN(CC)S(=O)(=O)c1ccc(CCC(=O)Nc2cc(F)c(N(C)C)c(F)c2)cc1. The van der Waals surface area contributed by atoms with Crippen LogP contribution in [0.5, 0.6) is 0 Å². The Kier molecular flexibility index (Phi) is 7.91. The van der Waals surface area contributed by atoms with Crippen molar-refractivity contribution in [1.29, 1.82) is 0 Å². The van der Waals surface area contributed by atoms with Crippen LogP contribution in [0.4, 0.5) is 20.2 Å². The van der Waals surface area contributed by atoms with Crippen molar-refractivity contribution in [2.75, 3.05) is 37.4 Å². The lowest BCUT2D eigenvalue weighted by molar-refractivity contribution is -0.116. The fourth-order valence-corrected chi connectivity index (χ4v) is 4.54. The van der Waals surface area contributed by atoms with Gasteiger partial charge in [0.25, 0.3) is 0 Å². The van der Waals surface area contributed by atoms with Crippen molar-refractivity contribution in [1.82, 2.24) is 4.31 Å². The average Bonchev–Trinajstić information content (AvgIpc) is 2.66. The topological polar surface area (TPSA) is 69.7 Å². The summed E-state index contributed by atoms with van der Waals surface area (Å²) in [6, 6.07) is 8.51. The number of carbonyl (C=O) groups excluding carboxylic acids is 1. The Morgan fingerprint density at radius 2 is 1.53 bits per heavy atom. The first-order valence-corrected chi connectivity index (χ1v) is 11.1. The average molecular weight is 440 g/mol. The molecule has 0 fully saturated rings. The van der Waals surface area contributed by atoms with Crippen LogP contribution >= 0.6 is 0 Å². The van der Waals surface area contributed by atoms with E-state index < -0.39 is 27.6 Å². The van der Waals surface area contributed by atoms with Crippen molar-refractivity contribution in [2.45, 2.75) is 31.6 Å². The molecule has 30 heavy (non-hydrogen) atoms. The van der Waals surface area contributed by atoms with E-state index in [1.807, 2.05) is 0 Å². The number of aryl methyl sites for hydroxylation is 1. The number of rotatable bonds is 9. The summed E-state index contributed by atoms with van der Waals surface area (Å²) in [4.78, 5) is 13.7. The monoisotopic (exact) mass is 439 g/mol. The highest BCUT2D eigenvalue weighted by Crippen LogP contribution is 2.25. The van der Waals surface area contributed by atoms with Crippen molar-refractivity contribution in [3.63, 3.8) is 0 Å². The van der Waals surface area contributed by atoms with E-state index in [9.17, 15) is 22.0 Å². The van der Waals surface area contributed by atoms with Crippen molar-refractivity contribution in [3.05, 3.63) is 53.6 Å². The normalized spacial score (nSPS) is 11.6. The highest BCUT2D eigenvalue weighted by molar-refractivity contribution is 7.89. The molecule has 0 saturated heterocycles. The molecule has 0 aliphatic carbocycles. The fraction of sp³-hybridized carbons (Fsp3) is 0.381. The van der Waals surface area contributed by atoms with E-state index in [0.717, 1.165) is 17.7 Å². The molecule has 164 valence electrons. The number of amides is 1. The van der Waals surface area contributed by atoms with Gasteiger partial charge in [-0.1, -0.05) is 26.0 Å². The quantitative estimate of drug-likeness (QED) is 0.648. The molecule has 0 aliphatic rings. The van der Waals surface area contributed by atoms with Gasteiger partial charge in [0.05, 0.1) is 4.90 Å². The van der Waals surface area contributed by atoms with Gasteiger partial charge in [-0.2, -0.15) is 4.31 Å². The molecule has 9 heteroatoms. The zero-order chi connectivity index (χ0) is 22.5. The van der Waals surface area contributed by atoms with Gasteiger partial charge in [0.1, 0.15) is 5.69 Å². The number of nitrogens with zero attached hydrogens (tertiary/aromatic N) is 2. The standard InChI is InChI=1S/C21H27F2N3O3S/c1-5-26(6-2)30(28,29)17-10-7-15(8-11-17)9-12-20(27)24-16-13-18(22)21(25(3)4)19(23)14-16/h7-8,10-11,13-14H,5-6,9,12H2,1-4H3,(H,24,27). The minimum atomic E-state index is -3.53. The van der Waals surface area contributed by atoms with E-state index in [4.69, 9.17) is 0 Å². The fourth-order valence-electron chi connectivity index (χ4n) is 3.09. The molecule has 6 nitrogen and oxygen atoms in total. The Bertz CT molecular complexity index is 966. The molecule has 0 unspecified atom stereocenters. The minimum Gasteiger partial charge on any atom is -0.373 e. The van der Waals surface area contributed by atoms with Crippen LogP contribution in [0.1, 0.15) is 25.8 Å². The summed E-state index contributed by atoms with van der Waals surface area (Å²) in [5.74, 6) is -1.92. The molecule has 0 aliphatic heterocycles. The zero-order valence-corrected chi connectivity index (χ0v) is 18.4. The molecule has 0 heterocycles. The Hall–Kier alpha value is -2.52. The van der Waals surface area contributed by atoms with Crippen molar-refractivity contribution < 1.29 is 22.0 Å². The van der Waals surface area contributed by atoms with Gasteiger partial charge < -0.3 is 10.2 Å². The summed E-state index contributed by atoms with van der Waals surface area (Å²) >= 11 is 0. The van der Waals surface area contributed by atoms with Crippen LogP contribution in [-0.2, 0) is 21.2 Å². The van der Waals surface area contributed by atoms with Gasteiger partial charge in [-0.05, 0) is 36.2 Å². The molecule has 0 atom stereocenters. The van der Waals surface area contributed by atoms with Crippen molar-refractivity contribution in [2.24, 2.45) is 0 Å². The van der Waals surface area contributed by atoms with E-state index in [1.54, 1.807) is 26.0 Å². The predicted molar refractivity (Wildman–Crippen MR) is 114 cm³/mol. The third kappa shape index (κ3) is 5.54. The lowest BCUT2D eigenvalue weighted by Crippen LogP contribution is -2.30. The van der Waals surface area contributed by atoms with Gasteiger partial charge in [0.15, 0.2) is 11.6 Å². The summed E-state index contributed by atoms with van der Waals surface area (Å²) in [5.41, 5.74) is 0.651. The van der Waals surface area contributed by atoms with Gasteiger partial charge in [0, 0.05) is 39.3 Å². The third-order valence-electron chi connectivity index (χ3n) is 4.66. The first-order valence-electron chi connectivity index (χ1n) is 9.65. The second-order valence-corrected chi connectivity index (χ2v) is 8.90. The number of hydrogen-bond acceptors (Lipinski definition) is 4. The summed E-state index contributed by atoms with van der Waals surface area (Å²) in [6.07, 6.45) is 0.443. The molecular weight excluding hydrogens is 412 g/mol. The lowest BCUT2D eigenvalue weighted by atomic mass is 10.1. The first kappa shape index (κ1) is 23.8. The van der Waals surface area contributed by atoms with E-state index in [2.05, 4.69) is 5.32 Å². The maximum absolute atomic E-state index is 14.0. The molecule has 1 amide bonds. The molecule has 0 saturated carbocycles. The molecule has 2 aromatic rings. The third-order valence-corrected chi connectivity index (χ3v) is 6.72. The number of carbonyl (C=O) groups is 1. The molecule has 1 N–H and O–H groups in total. The molecule has 0 bridgehead atoms. The van der Waals surface area contributed by atoms with Crippen molar-refractivity contribution >= 4 is 27.3 Å². The molecule has 0 radical (unpaired) electrons. The maximum Gasteiger partial charge on any atom is 0.243 e. The van der Waals surface area contributed by atoms with E-state index in [0.29, 0.717) is 19.5 Å². The second-order valence-electron chi connectivity index (χ2n) is 6.96. The van der Waals surface area contributed by atoms with E-state index in [1.165, 1.54) is 35.4 Å². The number of nitrogens with one attached hydrogen (secondary N) is 1. The molecule has 2 rings (SSSR count). The van der Waals surface area contributed by atoms with Crippen LogP contribution in [-0.4, -0.2) is 45.8 Å². The lowest BCUT2D eigenvalue weighted by Gasteiger charge is -2.18. The number of hydrogen-bond donors (Lipinski definition) is 1. The van der Waals surface area contributed by atoms with Crippen LogP contribution in [0.3, 0.4) is 0 Å². The van der Waals surface area contributed by atoms with Gasteiger partial charge in [-0.15, -0.1) is 0 Å². The van der Waals surface area contributed by atoms with Crippen LogP contribution in [0.25, 0.3) is 0 Å². The summed E-state index contributed by atoms with van der Waals surface area (Å²) < 4.78 is 54.4. The molecular formula is C21H27F2N3O3S. The van der Waals surface area contributed by atoms with Gasteiger partial charge in [-0.3, -0.25) is 4.79 Å². The smallest absolute Gasteiger partial charge is 0.243 e. The largest absolute Gasteiger partial charge is 0.373 e. The molecule has 0 spiro atoms. The highest BCUT2D eigenvalue weighted by Gasteiger charge is 2.21. The maximum atomic E-state index is 14.0. The van der Waals surface area contributed by atoms with Crippen LogP contribution < -0.4 is 10.2 Å². The predicted octanol–water partition coefficient (Wildman–Crippen LogP) is 3.63. The van der Waals surface area contributed by atoms with E-state index in [-0.39, 0.29) is 22.7 Å². The second kappa shape index (κ2) is 9.99. The van der Waals surface area contributed by atoms with Gasteiger partial charge in [0.2, 0.25) is 15.9 Å². The summed E-state index contributed by atoms with van der Waals surface area (Å²) in [6.45, 7) is 4.33. The Balaban J connectivity index is 2.00. The zero-order valence-electron chi connectivity index (χ0n) is 17.6. The summed E-state index contributed by atoms with van der Waals surface area (Å²) in [7, 11) is -0.476. The number of sulfonamides is 1. The number of halogens is 2. The number of anilines is 2. The Morgan fingerprint density at radius 1 is 1.00 bits per heavy atom. The van der Waals surface area contributed by atoms with Gasteiger partial charge >= 0.3 is 0 Å². The summed E-state index contributed by atoms with van der Waals surface area (Å²) in [5, 5.41) is 2.49. The first-order chi connectivity index (χ1) is 14.1. The van der Waals surface area contributed by atoms with Gasteiger partial charge in [-0.25, -0.2) is 17.2 Å². The van der Waals surface area contributed by atoms with Crippen LogP contribution in [0.2, 0.25) is 0 Å². The number of benzene rings is 2. The minimum absolute atomic E-state index is 0.0428. The Labute approximate surface area is 176 Å². The highest BCUT2D eigenvalue weighted by atomic mass is 32.2. The Morgan fingerprint density at radius 3 is 2.00 bits per heavy atom. The van der Waals surface area contributed by atoms with Crippen LogP contribution in [0.15, 0.2) is 41.3 Å². The van der Waals surface area contributed by atoms with Crippen molar-refractivity contribution in [3.8, 4) is 0 Å². The molecule has 0 aromatic heterocycles. The van der Waals surface area contributed by atoms with Crippen LogP contribution in [0, 0.1) is 11.6 Å². The molecule has 2 aromatic carbocycles.